The maximum Gasteiger partial charge on any atom is 0.246 e. The Morgan fingerprint density at radius 3 is 2.23 bits per heavy atom. The number of nitrogens with zero attached hydrogens (tertiary/aromatic N) is 3. The number of hydrogen-bond acceptors (Lipinski definition) is 6. The molecule has 44 heavy (non-hydrogen) atoms. The molecule has 245 valence electrons. The molecule has 1 radical (unpaired) electrons. The van der Waals surface area contributed by atoms with Gasteiger partial charge in [-0.05, 0) is 63.3 Å². The summed E-state index contributed by atoms with van der Waals surface area (Å²) >= 11 is 1.55. The Bertz CT molecular complexity index is 1180. The summed E-state index contributed by atoms with van der Waals surface area (Å²) in [7, 11) is 3.78. The summed E-state index contributed by atoms with van der Waals surface area (Å²) in [5, 5.41) is 6.03. The summed E-state index contributed by atoms with van der Waals surface area (Å²) in [5.41, 5.74) is 3.47. The van der Waals surface area contributed by atoms with Crippen molar-refractivity contribution in [3.05, 3.63) is 74.0 Å². The first kappa shape index (κ1) is 44.2. The minimum atomic E-state index is -0.725. The monoisotopic (exact) mass is 702 g/mol. The van der Waals surface area contributed by atoms with Gasteiger partial charge in [0.25, 0.3) is 0 Å². The second kappa shape index (κ2) is 19.6. The molecule has 1 aromatic heterocycles. The molecule has 2 unspecified atom stereocenters. The third kappa shape index (κ3) is 10.9. The van der Waals surface area contributed by atoms with E-state index < -0.39 is 23.0 Å². The Kier molecular flexibility index (Phi) is 19.6. The van der Waals surface area contributed by atoms with Gasteiger partial charge in [-0.15, -0.1) is 11.3 Å². The molecule has 3 rings (SSSR count). The van der Waals surface area contributed by atoms with E-state index in [-0.39, 0.29) is 71.8 Å². The van der Waals surface area contributed by atoms with E-state index in [1.165, 1.54) is 0 Å². The smallest absolute Gasteiger partial charge is 0.246 e. The Balaban J connectivity index is 0. The minimum Gasteiger partial charge on any atom is -0.358 e. The van der Waals surface area contributed by atoms with Crippen LogP contribution in [0.5, 0.6) is 0 Å². The average Bonchev–Trinajstić information content (AvgIpc) is 3.43. The first-order valence-corrected chi connectivity index (χ1v) is 15.4. The second-order valence-electron chi connectivity index (χ2n) is 11.6. The molecule has 3 amide bonds. The molecule has 1 saturated heterocycles. The number of carbonyl (C=O) groups is 3. The fraction of sp³-hybridized carbons (Fsp3) is 0.529. The van der Waals surface area contributed by atoms with Crippen molar-refractivity contribution < 1.29 is 47.1 Å². The quantitative estimate of drug-likeness (QED) is 0.225. The molecule has 2 aliphatic rings. The van der Waals surface area contributed by atoms with Crippen LogP contribution in [0.3, 0.4) is 0 Å². The molecule has 2 N–H and O–H groups in total. The summed E-state index contributed by atoms with van der Waals surface area (Å²) in [6.45, 7) is 20.3. The predicted molar refractivity (Wildman–Crippen MR) is 182 cm³/mol. The number of rotatable bonds is 11. The van der Waals surface area contributed by atoms with Crippen LogP contribution in [0.1, 0.15) is 70.9 Å². The molecule has 1 aliphatic carbocycles. The van der Waals surface area contributed by atoms with Crippen LogP contribution in [-0.4, -0.2) is 77.3 Å². The van der Waals surface area contributed by atoms with Gasteiger partial charge in [0.1, 0.15) is 12.1 Å². The van der Waals surface area contributed by atoms with E-state index in [4.69, 9.17) is 0 Å². The molecule has 1 aromatic rings. The van der Waals surface area contributed by atoms with Crippen LogP contribution in [0, 0.1) is 27.2 Å². The predicted octanol–water partition coefficient (Wildman–Crippen LogP) is 5.79. The maximum atomic E-state index is 13.8. The van der Waals surface area contributed by atoms with Crippen molar-refractivity contribution in [1.82, 2.24) is 25.4 Å². The number of likely N-dealkylation sites (tertiary alicyclic amines) is 1. The summed E-state index contributed by atoms with van der Waals surface area (Å²) in [5.74, 6) is -0.533. The molecule has 2 heterocycles. The van der Waals surface area contributed by atoms with E-state index in [9.17, 15) is 14.4 Å². The molecule has 2 atom stereocenters. The van der Waals surface area contributed by atoms with E-state index in [0.29, 0.717) is 13.0 Å². The zero-order valence-electron chi connectivity index (χ0n) is 28.8. The molecule has 8 nitrogen and oxygen atoms in total. The van der Waals surface area contributed by atoms with Gasteiger partial charge in [-0.25, -0.2) is 4.98 Å². The molecular weight excluding hydrogens is 647 g/mol. The molecule has 1 aliphatic heterocycles. The van der Waals surface area contributed by atoms with Gasteiger partial charge >= 0.3 is 0 Å². The number of aromatic nitrogens is 1. The van der Waals surface area contributed by atoms with E-state index in [2.05, 4.69) is 28.8 Å². The number of amides is 3. The van der Waals surface area contributed by atoms with Crippen molar-refractivity contribution in [3.8, 4) is 0 Å². The second-order valence-corrected chi connectivity index (χ2v) is 12.5. The minimum absolute atomic E-state index is 0. The largest absolute Gasteiger partial charge is 0.358 e. The van der Waals surface area contributed by atoms with E-state index in [1.807, 2.05) is 72.7 Å². The molecule has 1 saturated carbocycles. The van der Waals surface area contributed by atoms with Crippen LogP contribution in [-0.2, 0) is 47.1 Å². The normalized spacial score (nSPS) is 17.8. The van der Waals surface area contributed by atoms with Gasteiger partial charge < -0.3 is 30.4 Å². The van der Waals surface area contributed by atoms with Crippen molar-refractivity contribution >= 4 is 34.6 Å². The standard InChI is InChI=1S/C30H43N5O3S.C2H6.2CH3.Y/c1-9-21(13-14-22(10-2)24-20(3)32-19-39-24)18-31-26(36)23-12-11-17-35(23)27(37)25(29(4,5)6)33-28(38)30(15-16-30)34(7)8;1-2;;;/h9-10,13-14,19,23,25H,1-2,11-12,15-18H2,3-8H3,(H,31,36)(H,33,38);1-2H3;2*1H3;/q;;2*-1;/b21-13+,22-14+;;;;. The molecule has 10 heteroatoms. The molecule has 0 spiro atoms. The topological polar surface area (TPSA) is 94.6 Å². The van der Waals surface area contributed by atoms with Gasteiger partial charge in [0.05, 0.1) is 21.6 Å². The van der Waals surface area contributed by atoms with Crippen LogP contribution < -0.4 is 10.6 Å². The summed E-state index contributed by atoms with van der Waals surface area (Å²) in [6.07, 6.45) is 10.2. The van der Waals surface area contributed by atoms with Gasteiger partial charge in [-0.3, -0.25) is 19.3 Å². The van der Waals surface area contributed by atoms with E-state index in [1.54, 1.807) is 33.9 Å². The number of aryl methyl sites for hydroxylation is 1. The van der Waals surface area contributed by atoms with Crippen molar-refractivity contribution in [2.24, 2.45) is 5.41 Å². The molecule has 2 fully saturated rings. The van der Waals surface area contributed by atoms with Crippen LogP contribution in [0.4, 0.5) is 0 Å². The summed E-state index contributed by atoms with van der Waals surface area (Å²) in [6, 6.07) is -1.30. The number of thiazole rings is 1. The summed E-state index contributed by atoms with van der Waals surface area (Å²) < 4.78 is 0. The van der Waals surface area contributed by atoms with Crippen molar-refractivity contribution in [3.63, 3.8) is 0 Å². The van der Waals surface area contributed by atoms with Crippen molar-refractivity contribution in [2.75, 3.05) is 27.2 Å². The van der Waals surface area contributed by atoms with Crippen LogP contribution >= 0.6 is 11.3 Å². The van der Waals surface area contributed by atoms with Gasteiger partial charge in [0, 0.05) is 45.8 Å². The number of hydrogen-bond donors (Lipinski definition) is 2. The van der Waals surface area contributed by atoms with E-state index in [0.717, 1.165) is 41.0 Å². The van der Waals surface area contributed by atoms with Gasteiger partial charge in [0.15, 0.2) is 0 Å². The first-order valence-electron chi connectivity index (χ1n) is 14.5. The van der Waals surface area contributed by atoms with Gasteiger partial charge in [0.2, 0.25) is 17.7 Å². The number of carbonyl (C=O) groups excluding carboxylic acids is 3. The zero-order valence-corrected chi connectivity index (χ0v) is 32.4. The number of nitrogens with one attached hydrogen (secondary N) is 2. The van der Waals surface area contributed by atoms with Crippen molar-refractivity contribution in [2.45, 2.75) is 84.8 Å². The van der Waals surface area contributed by atoms with E-state index >= 15 is 0 Å². The van der Waals surface area contributed by atoms with Crippen LogP contribution in [0.25, 0.3) is 5.57 Å². The molecular formula is C34H55N5O3SY-2. The Labute approximate surface area is 296 Å². The average molecular weight is 703 g/mol. The third-order valence-electron chi connectivity index (χ3n) is 7.66. The fourth-order valence-electron chi connectivity index (χ4n) is 4.90. The molecule has 0 bridgehead atoms. The summed E-state index contributed by atoms with van der Waals surface area (Å²) in [4.78, 5) is 49.1. The Morgan fingerprint density at radius 1 is 1.16 bits per heavy atom. The fourth-order valence-corrected chi connectivity index (χ4v) is 5.72. The number of allylic oxidation sites excluding steroid dienone is 4. The molecule has 0 aromatic carbocycles. The SMILES string of the molecule is C=C/C(=C\C=C(/C=C)c1scnc1C)CNC(=O)C1CCCN1C(=O)C(NC(=O)C1(N(C)C)CC1)C(C)(C)C.CC.[CH3-].[CH3-].[Y]. The zero-order chi connectivity index (χ0) is 31.0. The van der Waals surface area contributed by atoms with Crippen LogP contribution in [0.15, 0.2) is 48.5 Å². The third-order valence-corrected chi connectivity index (χ3v) is 8.64. The van der Waals surface area contributed by atoms with Crippen LogP contribution in [0.2, 0.25) is 0 Å². The Hall–Kier alpha value is -1.94. The number of likely N-dealkylation sites (N-methyl/N-ethyl adjacent to an activating group) is 1. The maximum absolute atomic E-state index is 13.8. The first-order chi connectivity index (χ1) is 19.4. The van der Waals surface area contributed by atoms with Gasteiger partial charge in [-0.1, -0.05) is 72.1 Å². The Morgan fingerprint density at radius 2 is 1.77 bits per heavy atom. The van der Waals surface area contributed by atoms with Crippen molar-refractivity contribution in [1.29, 1.82) is 0 Å². The van der Waals surface area contributed by atoms with Gasteiger partial charge in [-0.2, -0.15) is 0 Å².